The van der Waals surface area contributed by atoms with Crippen molar-refractivity contribution in [3.63, 3.8) is 0 Å². The van der Waals surface area contributed by atoms with Crippen molar-refractivity contribution in [2.45, 2.75) is 20.0 Å². The number of non-ortho nitro benzene ring substituents is 1. The number of hydrogen-bond acceptors (Lipinski definition) is 6. The molecule has 0 aliphatic carbocycles. The Morgan fingerprint density at radius 1 is 1.20 bits per heavy atom. The maximum absolute atomic E-state index is 10.7. The molecule has 0 bridgehead atoms. The average molecular weight is 360 g/mol. The van der Waals surface area contributed by atoms with Crippen LogP contribution in [0.5, 0.6) is 5.75 Å². The number of halogens is 1. The van der Waals surface area contributed by atoms with Crippen LogP contribution in [0.15, 0.2) is 46.9 Å². The van der Waals surface area contributed by atoms with Gasteiger partial charge in [0.1, 0.15) is 5.75 Å². The summed E-state index contributed by atoms with van der Waals surface area (Å²) >= 11 is 6.02. The largest absolute Gasteiger partial charge is 0.479 e. The average Bonchev–Trinajstić information content (AvgIpc) is 3.07. The fourth-order valence-corrected chi connectivity index (χ4v) is 2.37. The quantitative estimate of drug-likeness (QED) is 0.482. The minimum absolute atomic E-state index is 0.107. The molecule has 7 nitrogen and oxygen atoms in total. The van der Waals surface area contributed by atoms with Crippen LogP contribution < -0.4 is 4.74 Å². The van der Waals surface area contributed by atoms with Crippen molar-refractivity contribution in [1.82, 2.24) is 10.2 Å². The van der Waals surface area contributed by atoms with Crippen LogP contribution in [0.25, 0.3) is 11.5 Å². The molecule has 0 saturated carbocycles. The van der Waals surface area contributed by atoms with Crippen LogP contribution in [0.2, 0.25) is 5.02 Å². The first-order valence-electron chi connectivity index (χ1n) is 7.45. The summed E-state index contributed by atoms with van der Waals surface area (Å²) in [7, 11) is 0. The smallest absolute Gasteiger partial charge is 0.271 e. The highest BCUT2D eigenvalue weighted by molar-refractivity contribution is 6.32. The van der Waals surface area contributed by atoms with Crippen LogP contribution >= 0.6 is 11.6 Å². The Balaban J connectivity index is 1.77. The Bertz CT molecular complexity index is 909. The number of hydrogen-bond donors (Lipinski definition) is 0. The first-order valence-corrected chi connectivity index (χ1v) is 7.83. The molecule has 2 aromatic carbocycles. The van der Waals surface area contributed by atoms with E-state index in [1.165, 1.54) is 18.2 Å². The van der Waals surface area contributed by atoms with Gasteiger partial charge in [0.15, 0.2) is 6.10 Å². The van der Waals surface area contributed by atoms with Crippen LogP contribution in [0.4, 0.5) is 5.69 Å². The zero-order chi connectivity index (χ0) is 18.0. The highest BCUT2D eigenvalue weighted by atomic mass is 35.5. The van der Waals surface area contributed by atoms with Gasteiger partial charge in [-0.25, -0.2) is 0 Å². The van der Waals surface area contributed by atoms with Crippen LogP contribution in [-0.2, 0) is 0 Å². The van der Waals surface area contributed by atoms with Gasteiger partial charge in [0.2, 0.25) is 5.89 Å². The standard InChI is InChI=1S/C17H14ClN3O4/c1-10-3-5-12(6-4-10)17-20-19-16(25-17)11(2)24-15-8-7-13(21(22)23)9-14(15)18/h3-9,11H,1-2H3/t11-/m0/s1. The molecule has 128 valence electrons. The van der Waals surface area contributed by atoms with Crippen molar-refractivity contribution >= 4 is 17.3 Å². The molecule has 0 radical (unpaired) electrons. The Morgan fingerprint density at radius 3 is 2.56 bits per heavy atom. The number of benzene rings is 2. The van der Waals surface area contributed by atoms with Gasteiger partial charge in [-0.15, -0.1) is 10.2 Å². The molecule has 0 aliphatic heterocycles. The fraction of sp³-hybridized carbons (Fsp3) is 0.176. The van der Waals surface area contributed by atoms with Gasteiger partial charge in [-0.3, -0.25) is 10.1 Å². The van der Waals surface area contributed by atoms with E-state index < -0.39 is 11.0 Å². The van der Waals surface area contributed by atoms with E-state index in [0.29, 0.717) is 11.6 Å². The summed E-state index contributed by atoms with van der Waals surface area (Å²) in [6, 6.07) is 11.7. The van der Waals surface area contributed by atoms with Gasteiger partial charge >= 0.3 is 0 Å². The van der Waals surface area contributed by atoms with Crippen molar-refractivity contribution in [3.8, 4) is 17.2 Å². The minimum Gasteiger partial charge on any atom is -0.479 e. The van der Waals surface area contributed by atoms with E-state index in [-0.39, 0.29) is 16.6 Å². The maximum Gasteiger partial charge on any atom is 0.271 e. The number of nitro groups is 1. The molecule has 0 aliphatic rings. The van der Waals surface area contributed by atoms with Crippen LogP contribution in [0, 0.1) is 17.0 Å². The molecular weight excluding hydrogens is 346 g/mol. The molecule has 0 unspecified atom stereocenters. The third kappa shape index (κ3) is 3.77. The SMILES string of the molecule is Cc1ccc(-c2nnc([C@H](C)Oc3ccc([N+](=O)[O-])cc3Cl)o2)cc1. The molecule has 1 aromatic heterocycles. The first kappa shape index (κ1) is 16.9. The van der Waals surface area contributed by atoms with E-state index >= 15 is 0 Å². The van der Waals surface area contributed by atoms with E-state index in [4.69, 9.17) is 20.8 Å². The zero-order valence-electron chi connectivity index (χ0n) is 13.5. The lowest BCUT2D eigenvalue weighted by Crippen LogP contribution is -2.04. The molecule has 0 fully saturated rings. The molecule has 0 amide bonds. The third-order valence-corrected chi connectivity index (χ3v) is 3.81. The van der Waals surface area contributed by atoms with E-state index in [1.54, 1.807) is 6.92 Å². The number of nitro benzene ring substituents is 1. The zero-order valence-corrected chi connectivity index (χ0v) is 14.2. The molecule has 0 saturated heterocycles. The first-order chi connectivity index (χ1) is 11.9. The van der Waals surface area contributed by atoms with E-state index in [1.807, 2.05) is 31.2 Å². The summed E-state index contributed by atoms with van der Waals surface area (Å²) < 4.78 is 11.3. The van der Waals surface area contributed by atoms with Crippen molar-refractivity contribution in [1.29, 1.82) is 0 Å². The van der Waals surface area contributed by atoms with Gasteiger partial charge in [-0.05, 0) is 32.0 Å². The number of aryl methyl sites for hydroxylation is 1. The van der Waals surface area contributed by atoms with Gasteiger partial charge in [-0.2, -0.15) is 0 Å². The number of aromatic nitrogens is 2. The van der Waals surface area contributed by atoms with E-state index in [2.05, 4.69) is 10.2 Å². The number of nitrogens with zero attached hydrogens (tertiary/aromatic N) is 3. The normalized spacial score (nSPS) is 12.0. The molecule has 8 heteroatoms. The summed E-state index contributed by atoms with van der Waals surface area (Å²) in [6.45, 7) is 3.72. The van der Waals surface area contributed by atoms with Crippen LogP contribution in [0.3, 0.4) is 0 Å². The third-order valence-electron chi connectivity index (χ3n) is 3.52. The van der Waals surface area contributed by atoms with Gasteiger partial charge in [-0.1, -0.05) is 29.3 Å². The lowest BCUT2D eigenvalue weighted by atomic mass is 10.1. The predicted molar refractivity (Wildman–Crippen MR) is 91.6 cm³/mol. The Hall–Kier alpha value is -2.93. The monoisotopic (exact) mass is 359 g/mol. The van der Waals surface area contributed by atoms with Gasteiger partial charge in [0.25, 0.3) is 11.6 Å². The second-order valence-corrected chi connectivity index (χ2v) is 5.85. The lowest BCUT2D eigenvalue weighted by molar-refractivity contribution is -0.384. The molecule has 1 atom stereocenters. The van der Waals surface area contributed by atoms with Crippen LogP contribution in [0.1, 0.15) is 24.5 Å². The van der Waals surface area contributed by atoms with Gasteiger partial charge in [0, 0.05) is 17.7 Å². The summed E-state index contributed by atoms with van der Waals surface area (Å²) in [5, 5.41) is 18.9. The second-order valence-electron chi connectivity index (χ2n) is 5.44. The van der Waals surface area contributed by atoms with Gasteiger partial charge < -0.3 is 9.15 Å². The second kappa shape index (κ2) is 6.90. The highest BCUT2D eigenvalue weighted by Gasteiger charge is 2.19. The van der Waals surface area contributed by atoms with Crippen molar-refractivity contribution in [2.24, 2.45) is 0 Å². The molecular formula is C17H14ClN3O4. The minimum atomic E-state index is -0.564. The van der Waals surface area contributed by atoms with Crippen molar-refractivity contribution in [2.75, 3.05) is 0 Å². The van der Waals surface area contributed by atoms with Crippen molar-refractivity contribution < 1.29 is 14.1 Å². The molecule has 0 N–H and O–H groups in total. The maximum atomic E-state index is 10.7. The van der Waals surface area contributed by atoms with Crippen molar-refractivity contribution in [3.05, 3.63) is 69.1 Å². The van der Waals surface area contributed by atoms with E-state index in [9.17, 15) is 10.1 Å². The Labute approximate surface area is 148 Å². The molecule has 0 spiro atoms. The Morgan fingerprint density at radius 2 is 1.92 bits per heavy atom. The predicted octanol–water partition coefficient (Wildman–Crippen LogP) is 4.75. The molecule has 25 heavy (non-hydrogen) atoms. The van der Waals surface area contributed by atoms with Gasteiger partial charge in [0.05, 0.1) is 9.95 Å². The van der Waals surface area contributed by atoms with Crippen LogP contribution in [-0.4, -0.2) is 15.1 Å². The summed E-state index contributed by atoms with van der Waals surface area (Å²) in [4.78, 5) is 10.2. The summed E-state index contributed by atoms with van der Waals surface area (Å²) in [5.41, 5.74) is 1.84. The molecule has 3 rings (SSSR count). The lowest BCUT2D eigenvalue weighted by Gasteiger charge is -2.12. The summed E-state index contributed by atoms with van der Waals surface area (Å²) in [5.74, 6) is 0.972. The molecule has 3 aromatic rings. The summed E-state index contributed by atoms with van der Waals surface area (Å²) in [6.07, 6.45) is -0.564. The molecule has 1 heterocycles. The fourth-order valence-electron chi connectivity index (χ4n) is 2.15. The highest BCUT2D eigenvalue weighted by Crippen LogP contribution is 2.32. The van der Waals surface area contributed by atoms with E-state index in [0.717, 1.165) is 11.1 Å². The topological polar surface area (TPSA) is 91.3 Å². The number of rotatable bonds is 5. The number of ether oxygens (including phenoxy) is 1. The Kier molecular flexibility index (Phi) is 4.67.